The highest BCUT2D eigenvalue weighted by Crippen LogP contribution is 2.39. The summed E-state index contributed by atoms with van der Waals surface area (Å²) in [6.07, 6.45) is 8.72. The maximum Gasteiger partial charge on any atom is 0.250 e. The van der Waals surface area contributed by atoms with Gasteiger partial charge in [0.15, 0.2) is 0 Å². The molecule has 0 spiro atoms. The van der Waals surface area contributed by atoms with Gasteiger partial charge in [0, 0.05) is 11.6 Å². The van der Waals surface area contributed by atoms with E-state index in [1.165, 1.54) is 5.56 Å². The summed E-state index contributed by atoms with van der Waals surface area (Å²) in [6, 6.07) is 17.1. The van der Waals surface area contributed by atoms with Gasteiger partial charge < -0.3 is 9.42 Å². The van der Waals surface area contributed by atoms with Crippen LogP contribution in [0.25, 0.3) is 17.5 Å². The molecule has 1 saturated carbocycles. The lowest BCUT2D eigenvalue weighted by Gasteiger charge is -2.37. The Morgan fingerprint density at radius 3 is 2.37 bits per heavy atom. The number of rotatable bonds is 6. The van der Waals surface area contributed by atoms with Crippen molar-refractivity contribution in [3.8, 4) is 11.4 Å². The summed E-state index contributed by atoms with van der Waals surface area (Å²) in [4.78, 5) is 6.74. The van der Waals surface area contributed by atoms with Gasteiger partial charge in [-0.3, -0.25) is 0 Å². The van der Waals surface area contributed by atoms with Crippen LogP contribution in [-0.4, -0.2) is 29.1 Å². The Morgan fingerprint density at radius 1 is 1.00 bits per heavy atom. The molecule has 4 rings (SSSR count). The predicted octanol–water partition coefficient (Wildman–Crippen LogP) is 6.00. The topological polar surface area (TPSA) is 42.2 Å². The molecule has 1 heterocycles. The van der Waals surface area contributed by atoms with E-state index in [0.717, 1.165) is 31.2 Å². The van der Waals surface area contributed by atoms with E-state index in [9.17, 15) is 4.39 Å². The van der Waals surface area contributed by atoms with Gasteiger partial charge in [0.25, 0.3) is 5.89 Å². The first-order chi connectivity index (χ1) is 14.6. The molecule has 4 nitrogen and oxygen atoms in total. The second-order valence-corrected chi connectivity index (χ2v) is 8.32. The minimum absolute atomic E-state index is 0.179. The van der Waals surface area contributed by atoms with Crippen LogP contribution in [0.15, 0.2) is 65.2 Å². The highest BCUT2D eigenvalue weighted by Gasteiger charge is 2.29. The molecule has 1 unspecified atom stereocenters. The summed E-state index contributed by atoms with van der Waals surface area (Å²) in [5.41, 5.74) is 2.15. The Hall–Kier alpha value is -2.79. The highest BCUT2D eigenvalue weighted by atomic mass is 19.1. The fraction of sp³-hybridized carbons (Fsp3) is 0.360. The average Bonchev–Trinajstić information content (AvgIpc) is 3.24. The van der Waals surface area contributed by atoms with Gasteiger partial charge in [0.1, 0.15) is 5.82 Å². The van der Waals surface area contributed by atoms with Gasteiger partial charge in [-0.1, -0.05) is 53.7 Å². The molecular formula is C25H28FN3O. The molecule has 0 amide bonds. The van der Waals surface area contributed by atoms with E-state index < -0.39 is 0 Å². The van der Waals surface area contributed by atoms with Crippen molar-refractivity contribution in [2.24, 2.45) is 11.8 Å². The van der Waals surface area contributed by atoms with Gasteiger partial charge in [-0.25, -0.2) is 4.39 Å². The SMILES string of the molecule is CN(C)C(c1ccc(F)cc1)C1CCC(C=Cc2nc(-c3ccccc3)no2)CC1. The van der Waals surface area contributed by atoms with Crippen LogP contribution in [0.4, 0.5) is 4.39 Å². The van der Waals surface area contributed by atoms with Crippen LogP contribution < -0.4 is 0 Å². The van der Waals surface area contributed by atoms with Gasteiger partial charge in [-0.05, 0) is 75.4 Å². The molecule has 0 saturated heterocycles. The predicted molar refractivity (Wildman–Crippen MR) is 117 cm³/mol. The van der Waals surface area contributed by atoms with E-state index in [0.29, 0.717) is 29.6 Å². The molecule has 1 aliphatic carbocycles. The summed E-state index contributed by atoms with van der Waals surface area (Å²) in [5.74, 6) is 2.08. The van der Waals surface area contributed by atoms with Gasteiger partial charge in [-0.2, -0.15) is 4.98 Å². The molecule has 30 heavy (non-hydrogen) atoms. The maximum absolute atomic E-state index is 13.3. The zero-order chi connectivity index (χ0) is 20.9. The molecule has 5 heteroatoms. The van der Waals surface area contributed by atoms with Gasteiger partial charge in [0.2, 0.25) is 5.82 Å². The van der Waals surface area contributed by atoms with E-state index in [4.69, 9.17) is 4.52 Å². The van der Waals surface area contributed by atoms with Crippen molar-refractivity contribution in [3.05, 3.63) is 77.9 Å². The second-order valence-electron chi connectivity index (χ2n) is 8.32. The summed E-state index contributed by atoms with van der Waals surface area (Å²) >= 11 is 0. The molecule has 156 valence electrons. The summed E-state index contributed by atoms with van der Waals surface area (Å²) in [7, 11) is 4.22. The van der Waals surface area contributed by atoms with E-state index in [1.807, 2.05) is 48.5 Å². The summed E-state index contributed by atoms with van der Waals surface area (Å²) in [5, 5.41) is 4.08. The number of nitrogens with zero attached hydrogens (tertiary/aromatic N) is 3. The Kier molecular flexibility index (Phi) is 6.38. The van der Waals surface area contributed by atoms with Crippen molar-refractivity contribution < 1.29 is 8.91 Å². The van der Waals surface area contributed by atoms with E-state index in [2.05, 4.69) is 35.2 Å². The molecule has 0 radical (unpaired) electrons. The Morgan fingerprint density at radius 2 is 1.70 bits per heavy atom. The molecule has 0 N–H and O–H groups in total. The molecule has 1 atom stereocenters. The third-order valence-electron chi connectivity index (χ3n) is 6.02. The first kappa shape index (κ1) is 20.5. The molecule has 0 aliphatic heterocycles. The van der Waals surface area contributed by atoms with Crippen molar-refractivity contribution in [1.29, 1.82) is 0 Å². The number of aromatic nitrogens is 2. The zero-order valence-corrected chi connectivity index (χ0v) is 17.5. The minimum atomic E-state index is -0.179. The minimum Gasteiger partial charge on any atom is -0.334 e. The van der Waals surface area contributed by atoms with E-state index in [1.54, 1.807) is 12.1 Å². The van der Waals surface area contributed by atoms with Crippen molar-refractivity contribution in [2.45, 2.75) is 31.7 Å². The fourth-order valence-electron chi connectivity index (χ4n) is 4.53. The van der Waals surface area contributed by atoms with Crippen molar-refractivity contribution in [3.63, 3.8) is 0 Å². The normalized spacial score (nSPS) is 20.7. The Labute approximate surface area is 177 Å². The molecule has 1 aliphatic rings. The van der Waals surface area contributed by atoms with Gasteiger partial charge >= 0.3 is 0 Å². The first-order valence-electron chi connectivity index (χ1n) is 10.6. The molecular weight excluding hydrogens is 377 g/mol. The monoisotopic (exact) mass is 405 g/mol. The molecule has 1 fully saturated rings. The lowest BCUT2D eigenvalue weighted by atomic mass is 9.76. The zero-order valence-electron chi connectivity index (χ0n) is 17.5. The third-order valence-corrected chi connectivity index (χ3v) is 6.02. The van der Waals surface area contributed by atoms with Crippen LogP contribution in [0.5, 0.6) is 0 Å². The van der Waals surface area contributed by atoms with Crippen molar-refractivity contribution >= 4 is 6.08 Å². The fourth-order valence-corrected chi connectivity index (χ4v) is 4.53. The van der Waals surface area contributed by atoms with Crippen molar-refractivity contribution in [2.75, 3.05) is 14.1 Å². The maximum atomic E-state index is 13.3. The smallest absolute Gasteiger partial charge is 0.250 e. The van der Waals surface area contributed by atoms with E-state index >= 15 is 0 Å². The molecule has 2 aromatic carbocycles. The average molecular weight is 406 g/mol. The Balaban J connectivity index is 1.36. The van der Waals surface area contributed by atoms with Crippen LogP contribution in [0.2, 0.25) is 0 Å². The molecule has 1 aromatic heterocycles. The van der Waals surface area contributed by atoms with Crippen LogP contribution >= 0.6 is 0 Å². The number of allylic oxidation sites excluding steroid dienone is 1. The largest absolute Gasteiger partial charge is 0.334 e. The van der Waals surface area contributed by atoms with Crippen LogP contribution in [0.3, 0.4) is 0 Å². The second kappa shape index (κ2) is 9.35. The quantitative estimate of drug-likeness (QED) is 0.504. The van der Waals surface area contributed by atoms with Gasteiger partial charge in [-0.15, -0.1) is 0 Å². The van der Waals surface area contributed by atoms with Crippen molar-refractivity contribution in [1.82, 2.24) is 15.0 Å². The number of hydrogen-bond acceptors (Lipinski definition) is 4. The first-order valence-corrected chi connectivity index (χ1v) is 10.6. The lowest BCUT2D eigenvalue weighted by molar-refractivity contribution is 0.159. The molecule has 3 aromatic rings. The number of hydrogen-bond donors (Lipinski definition) is 0. The Bertz CT molecular complexity index is 958. The number of halogens is 1. The highest BCUT2D eigenvalue weighted by molar-refractivity contribution is 5.55. The molecule has 0 bridgehead atoms. The summed E-state index contributed by atoms with van der Waals surface area (Å²) < 4.78 is 18.7. The van der Waals surface area contributed by atoms with Crippen LogP contribution in [-0.2, 0) is 0 Å². The third kappa shape index (κ3) is 4.85. The lowest BCUT2D eigenvalue weighted by Crippen LogP contribution is -2.30. The van der Waals surface area contributed by atoms with Gasteiger partial charge in [0.05, 0.1) is 0 Å². The standard InChI is InChI=1S/C25H28FN3O/c1-29(2)24(20-13-15-22(26)16-14-20)19-11-8-18(9-12-19)10-17-23-27-25(28-30-23)21-6-4-3-5-7-21/h3-7,10,13-19,24H,8-9,11-12H2,1-2H3. The summed E-state index contributed by atoms with van der Waals surface area (Å²) in [6.45, 7) is 0. The van der Waals surface area contributed by atoms with E-state index in [-0.39, 0.29) is 5.82 Å². The van der Waals surface area contributed by atoms with Crippen LogP contribution in [0, 0.1) is 17.7 Å². The number of benzene rings is 2. The van der Waals surface area contributed by atoms with Crippen LogP contribution in [0.1, 0.15) is 43.2 Å².